The molecule has 0 bridgehead atoms. The molecule has 0 spiro atoms. The second-order valence-electron chi connectivity index (χ2n) is 2.22. The predicted octanol–water partition coefficient (Wildman–Crippen LogP) is -2.68. The van der Waals surface area contributed by atoms with Gasteiger partial charge in [-0.25, -0.2) is 0 Å². The first kappa shape index (κ1) is 15.7. The van der Waals surface area contributed by atoms with E-state index in [2.05, 4.69) is 6.03 Å². The van der Waals surface area contributed by atoms with Crippen molar-refractivity contribution < 1.29 is 31.9 Å². The average Bonchev–Trinajstić information content (AvgIpc) is 2.13. The molecule has 16 heavy (non-hydrogen) atoms. The standard InChI is InChI=1S/C4H6O6.2HN.2O.2Sb/c5-1(3(7)8)2(6)4(9)10;;;;;;/h1-2,5-6H,(H,7,8)(H,9,10);2*1H;;;;/q;;;;;2*+1/p-2. The molecule has 0 saturated heterocycles. The molecule has 0 radical (unpaired) electrons. The SMILES string of the molecule is [NH]=[Sb](=[O])[O]C(=O)C(O)C(O)C(=O)[O][Sb](=[NH])=[O]. The quantitative estimate of drug-likeness (QED) is 0.326. The molecule has 10 nitrogen and oxygen atoms in total. The topological polar surface area (TPSA) is 175 Å². The van der Waals surface area contributed by atoms with Crippen molar-refractivity contribution in [2.24, 2.45) is 0 Å². The van der Waals surface area contributed by atoms with Gasteiger partial charge in [0.1, 0.15) is 0 Å². The van der Waals surface area contributed by atoms with Crippen molar-refractivity contribution in [3.8, 4) is 0 Å². The Balaban J connectivity index is 4.53. The molecule has 0 aromatic carbocycles. The Morgan fingerprint density at radius 1 is 0.938 bits per heavy atom. The molecule has 90 valence electrons. The van der Waals surface area contributed by atoms with Gasteiger partial charge in [0.25, 0.3) is 0 Å². The summed E-state index contributed by atoms with van der Waals surface area (Å²) in [6.45, 7) is 0. The Bertz CT molecular complexity index is 370. The summed E-state index contributed by atoms with van der Waals surface area (Å²) in [6.07, 6.45) is -4.78. The van der Waals surface area contributed by atoms with Gasteiger partial charge in [-0.2, -0.15) is 0 Å². The third-order valence-electron chi connectivity index (χ3n) is 1.13. The summed E-state index contributed by atoms with van der Waals surface area (Å²) in [7, 11) is 0. The minimum absolute atomic E-state index is 1.61. The average molecular weight is 454 g/mol. The number of hydrogen-bond acceptors (Lipinski definition) is 10. The van der Waals surface area contributed by atoms with Crippen LogP contribution in [-0.2, 0) is 21.7 Å². The second-order valence-corrected chi connectivity index (χ2v) is 6.20. The first-order valence-corrected chi connectivity index (χ1v) is 10.1. The van der Waals surface area contributed by atoms with Crippen molar-refractivity contribution >= 4 is 52.8 Å². The number of carbonyl (C=O) groups excluding carboxylic acids is 2. The van der Waals surface area contributed by atoms with E-state index < -0.39 is 65.0 Å². The Labute approximate surface area is 103 Å². The molecule has 4 N–H and O–H groups in total. The van der Waals surface area contributed by atoms with Crippen molar-refractivity contribution in [1.82, 2.24) is 0 Å². The number of aliphatic hydroxyl groups is 2. The molecule has 0 amide bonds. The van der Waals surface area contributed by atoms with Gasteiger partial charge in [-0.1, -0.05) is 0 Å². The van der Waals surface area contributed by atoms with Gasteiger partial charge in [-0.05, 0) is 0 Å². The second kappa shape index (κ2) is 7.11. The van der Waals surface area contributed by atoms with Gasteiger partial charge in [0.05, 0.1) is 0 Å². The van der Waals surface area contributed by atoms with Crippen molar-refractivity contribution in [3.63, 3.8) is 0 Å². The summed E-state index contributed by atoms with van der Waals surface area (Å²) in [6, 6.07) is 0. The molecule has 0 aromatic heterocycles. The fourth-order valence-corrected chi connectivity index (χ4v) is 2.08. The van der Waals surface area contributed by atoms with Crippen molar-refractivity contribution in [1.29, 1.82) is 7.01 Å². The third kappa shape index (κ3) is 5.69. The van der Waals surface area contributed by atoms with Crippen LogP contribution in [0.5, 0.6) is 0 Å². The Morgan fingerprint density at radius 3 is 1.38 bits per heavy atom. The van der Waals surface area contributed by atoms with E-state index in [4.69, 9.17) is 17.2 Å². The molecule has 0 saturated carbocycles. The minimum atomic E-state index is -4.14. The van der Waals surface area contributed by atoms with E-state index in [0.29, 0.717) is 0 Å². The van der Waals surface area contributed by atoms with Gasteiger partial charge in [-0.3, -0.25) is 0 Å². The zero-order valence-corrected chi connectivity index (χ0v) is 12.5. The molecule has 0 heterocycles. The van der Waals surface area contributed by atoms with E-state index in [0.717, 1.165) is 0 Å². The van der Waals surface area contributed by atoms with Crippen LogP contribution in [0.25, 0.3) is 0 Å². The van der Waals surface area contributed by atoms with Crippen LogP contribution in [0.2, 0.25) is 0 Å². The van der Waals surface area contributed by atoms with Crippen LogP contribution in [0.3, 0.4) is 0 Å². The van der Waals surface area contributed by atoms with E-state index in [9.17, 15) is 15.6 Å². The molecule has 0 rings (SSSR count). The van der Waals surface area contributed by atoms with Gasteiger partial charge >= 0.3 is 104 Å². The van der Waals surface area contributed by atoms with Crippen molar-refractivity contribution in [2.45, 2.75) is 12.2 Å². The summed E-state index contributed by atoms with van der Waals surface area (Å²) < 4.78 is 41.0. The van der Waals surface area contributed by atoms with E-state index in [1.807, 2.05) is 0 Å². The molecule has 0 fully saturated rings. The molecular weight excluding hydrogens is 448 g/mol. The van der Waals surface area contributed by atoms with E-state index in [1.54, 1.807) is 0 Å². The first-order chi connectivity index (χ1) is 7.25. The fraction of sp³-hybridized carbons (Fsp3) is 0.500. The van der Waals surface area contributed by atoms with Gasteiger partial charge in [-0.15, -0.1) is 0 Å². The summed E-state index contributed by atoms with van der Waals surface area (Å²) >= 11 is -8.27. The molecule has 2 unspecified atom stereocenters. The molecule has 0 aliphatic heterocycles. The molecular formula is C4H6N2O8Sb2. The van der Waals surface area contributed by atoms with Crippen molar-refractivity contribution in [2.75, 3.05) is 0 Å². The molecule has 12 heteroatoms. The first-order valence-electron chi connectivity index (χ1n) is 3.42. The summed E-state index contributed by atoms with van der Waals surface area (Å²) in [5.41, 5.74) is 0. The molecule has 0 aliphatic carbocycles. The van der Waals surface area contributed by atoms with Gasteiger partial charge in [0.2, 0.25) is 0 Å². The Kier molecular flexibility index (Phi) is 6.97. The molecule has 0 aliphatic rings. The summed E-state index contributed by atoms with van der Waals surface area (Å²) in [5.74, 6) is -3.23. The van der Waals surface area contributed by atoms with Crippen LogP contribution < -0.4 is 0 Å². The fourth-order valence-electron chi connectivity index (χ4n) is 0.529. The van der Waals surface area contributed by atoms with Crippen LogP contribution in [0.4, 0.5) is 0 Å². The van der Waals surface area contributed by atoms with Crippen LogP contribution in [0.15, 0.2) is 0 Å². The van der Waals surface area contributed by atoms with Gasteiger partial charge in [0, 0.05) is 0 Å². The zero-order valence-electron chi connectivity index (χ0n) is 7.39. The van der Waals surface area contributed by atoms with Crippen LogP contribution in [-0.4, -0.2) is 75.3 Å². The zero-order chi connectivity index (χ0) is 12.9. The number of rotatable bonds is 5. The normalized spacial score (nSPS) is 13.4. The summed E-state index contributed by atoms with van der Waals surface area (Å²) in [5, 5.41) is 17.9. The molecule has 2 atom stereocenters. The van der Waals surface area contributed by atoms with Crippen LogP contribution >= 0.6 is 0 Å². The summed E-state index contributed by atoms with van der Waals surface area (Å²) in [4.78, 5) is 21.5. The number of aliphatic hydroxyl groups excluding tert-OH is 2. The maximum atomic E-state index is 10.8. The number of hydrogen-bond donors (Lipinski definition) is 4. The number of carbonyl (C=O) groups is 2. The van der Waals surface area contributed by atoms with E-state index >= 15 is 0 Å². The molecule has 0 aromatic rings. The van der Waals surface area contributed by atoms with Crippen molar-refractivity contribution in [3.05, 3.63) is 0 Å². The van der Waals surface area contributed by atoms with Gasteiger partial charge in [0.15, 0.2) is 0 Å². The Hall–Kier alpha value is -0.304. The number of nitrogens with one attached hydrogen (secondary N) is 2. The van der Waals surface area contributed by atoms with E-state index in [-0.39, 0.29) is 0 Å². The van der Waals surface area contributed by atoms with Crippen LogP contribution in [0.1, 0.15) is 0 Å². The van der Waals surface area contributed by atoms with Crippen LogP contribution in [0, 0.1) is 7.01 Å². The predicted molar refractivity (Wildman–Crippen MR) is 42.5 cm³/mol. The monoisotopic (exact) mass is 452 g/mol. The maximum absolute atomic E-state index is 10.8. The van der Waals surface area contributed by atoms with E-state index in [1.165, 1.54) is 0 Å². The van der Waals surface area contributed by atoms with Gasteiger partial charge < -0.3 is 0 Å². The third-order valence-corrected chi connectivity index (χ3v) is 3.10. The Morgan fingerprint density at radius 2 is 1.19 bits per heavy atom.